The molecule has 0 saturated heterocycles. The first-order valence-corrected chi connectivity index (χ1v) is 10.3. The lowest BCUT2D eigenvalue weighted by Crippen LogP contribution is -2.42. The Labute approximate surface area is 176 Å². The van der Waals surface area contributed by atoms with Gasteiger partial charge in [0.25, 0.3) is 0 Å². The molecule has 1 unspecified atom stereocenters. The van der Waals surface area contributed by atoms with Crippen LogP contribution in [0.2, 0.25) is 5.02 Å². The van der Waals surface area contributed by atoms with Crippen LogP contribution in [0.5, 0.6) is 5.75 Å². The second kappa shape index (κ2) is 10.9. The molecule has 0 aliphatic carbocycles. The summed E-state index contributed by atoms with van der Waals surface area (Å²) in [6, 6.07) is 4.68. The van der Waals surface area contributed by atoms with E-state index in [0.717, 1.165) is 12.8 Å². The van der Waals surface area contributed by atoms with Gasteiger partial charge in [-0.1, -0.05) is 25.4 Å². The Kier molecular flexibility index (Phi) is 8.51. The van der Waals surface area contributed by atoms with Crippen molar-refractivity contribution in [1.82, 2.24) is 9.88 Å². The van der Waals surface area contributed by atoms with E-state index in [-0.39, 0.29) is 18.3 Å². The Balaban J connectivity index is 2.39. The molecule has 0 fully saturated rings. The van der Waals surface area contributed by atoms with Crippen molar-refractivity contribution in [3.8, 4) is 5.75 Å². The van der Waals surface area contributed by atoms with Gasteiger partial charge in [0.2, 0.25) is 5.91 Å². The van der Waals surface area contributed by atoms with Gasteiger partial charge in [-0.25, -0.2) is 4.79 Å². The van der Waals surface area contributed by atoms with E-state index in [0.29, 0.717) is 34.7 Å². The van der Waals surface area contributed by atoms with E-state index in [1.54, 1.807) is 32.0 Å². The lowest BCUT2D eigenvalue weighted by atomic mass is 10.1. The minimum atomic E-state index is -0.830. The Bertz CT molecular complexity index is 853. The number of carbonyl (C=O) groups is 2. The molecule has 0 bridgehead atoms. The summed E-state index contributed by atoms with van der Waals surface area (Å²) in [6.45, 7) is 9.14. The van der Waals surface area contributed by atoms with Gasteiger partial charge in [0.1, 0.15) is 6.04 Å². The number of pyridine rings is 1. The van der Waals surface area contributed by atoms with E-state index in [2.05, 4.69) is 10.3 Å². The zero-order valence-corrected chi connectivity index (χ0v) is 18.1. The molecule has 1 amide bonds. The predicted molar refractivity (Wildman–Crippen MR) is 115 cm³/mol. The fourth-order valence-electron chi connectivity index (χ4n) is 3.04. The maximum absolute atomic E-state index is 12.9. The number of aromatic nitrogens is 1. The molecule has 2 aromatic rings. The molecule has 29 heavy (non-hydrogen) atoms. The molecule has 0 spiro atoms. The highest BCUT2D eigenvalue weighted by molar-refractivity contribution is 6.31. The van der Waals surface area contributed by atoms with E-state index in [1.807, 2.05) is 18.7 Å². The zero-order valence-electron chi connectivity index (χ0n) is 17.3. The average Bonchev–Trinajstić information content (AvgIpc) is 2.69. The molecule has 1 heterocycles. The van der Waals surface area contributed by atoms with E-state index < -0.39 is 12.2 Å². The van der Waals surface area contributed by atoms with Crippen LogP contribution in [0.1, 0.15) is 40.5 Å². The van der Waals surface area contributed by atoms with E-state index in [9.17, 15) is 9.59 Å². The summed E-state index contributed by atoms with van der Waals surface area (Å²) in [7, 11) is 0. The SMILES string of the molecule is CCCN(CCC)C(=O)C(C)Nc1c(OC(=O)OCC)cnc2cc(Cl)ccc12. The molecule has 0 aliphatic rings. The van der Waals surface area contributed by atoms with Crippen LogP contribution in [0.25, 0.3) is 10.9 Å². The van der Waals surface area contributed by atoms with Gasteiger partial charge in [0.05, 0.1) is 24.0 Å². The van der Waals surface area contributed by atoms with Gasteiger partial charge in [-0.15, -0.1) is 0 Å². The van der Waals surface area contributed by atoms with Crippen molar-refractivity contribution in [2.45, 2.75) is 46.6 Å². The first kappa shape index (κ1) is 22.7. The third-order valence-corrected chi connectivity index (χ3v) is 4.52. The van der Waals surface area contributed by atoms with Crippen molar-refractivity contribution in [2.24, 2.45) is 0 Å². The fraction of sp³-hybridized carbons (Fsp3) is 0.476. The molecule has 0 radical (unpaired) electrons. The summed E-state index contributed by atoms with van der Waals surface area (Å²) in [5.41, 5.74) is 1.11. The molecule has 158 valence electrons. The van der Waals surface area contributed by atoms with Crippen LogP contribution in [-0.4, -0.2) is 47.7 Å². The van der Waals surface area contributed by atoms with Gasteiger partial charge in [0.15, 0.2) is 5.75 Å². The van der Waals surface area contributed by atoms with Crippen molar-refractivity contribution in [1.29, 1.82) is 0 Å². The van der Waals surface area contributed by atoms with Gasteiger partial charge in [-0.2, -0.15) is 0 Å². The highest BCUT2D eigenvalue weighted by atomic mass is 35.5. The quantitative estimate of drug-likeness (QED) is 0.581. The number of fused-ring (bicyclic) bond motifs is 1. The molecule has 0 saturated carbocycles. The Morgan fingerprint density at radius 1 is 1.21 bits per heavy atom. The van der Waals surface area contributed by atoms with E-state index in [4.69, 9.17) is 21.1 Å². The molecule has 2 rings (SSSR count). The lowest BCUT2D eigenvalue weighted by Gasteiger charge is -2.26. The summed E-state index contributed by atoms with van der Waals surface area (Å²) < 4.78 is 10.2. The Hall–Kier alpha value is -2.54. The van der Waals surface area contributed by atoms with Crippen molar-refractivity contribution in [3.63, 3.8) is 0 Å². The van der Waals surface area contributed by atoms with Gasteiger partial charge in [-0.3, -0.25) is 9.78 Å². The number of nitrogens with one attached hydrogen (secondary N) is 1. The van der Waals surface area contributed by atoms with E-state index >= 15 is 0 Å². The van der Waals surface area contributed by atoms with Crippen molar-refractivity contribution >= 4 is 40.3 Å². The number of anilines is 1. The molecular weight excluding hydrogens is 394 g/mol. The third kappa shape index (κ3) is 5.97. The van der Waals surface area contributed by atoms with Crippen LogP contribution in [-0.2, 0) is 9.53 Å². The first-order chi connectivity index (χ1) is 13.9. The molecule has 1 atom stereocenters. The second-order valence-corrected chi connectivity index (χ2v) is 7.07. The highest BCUT2D eigenvalue weighted by Gasteiger charge is 2.23. The van der Waals surface area contributed by atoms with Crippen LogP contribution in [0.4, 0.5) is 10.5 Å². The largest absolute Gasteiger partial charge is 0.513 e. The maximum Gasteiger partial charge on any atom is 0.513 e. The van der Waals surface area contributed by atoms with Crippen LogP contribution in [0.3, 0.4) is 0 Å². The highest BCUT2D eigenvalue weighted by Crippen LogP contribution is 2.34. The molecule has 1 N–H and O–H groups in total. The van der Waals surface area contributed by atoms with Gasteiger partial charge in [0, 0.05) is 23.5 Å². The smallest absolute Gasteiger partial charge is 0.434 e. The van der Waals surface area contributed by atoms with Crippen LogP contribution < -0.4 is 10.1 Å². The average molecular weight is 422 g/mol. The third-order valence-electron chi connectivity index (χ3n) is 4.28. The summed E-state index contributed by atoms with van der Waals surface area (Å²) in [5, 5.41) is 4.44. The second-order valence-electron chi connectivity index (χ2n) is 6.64. The zero-order chi connectivity index (χ0) is 21.4. The van der Waals surface area contributed by atoms with Gasteiger partial charge < -0.3 is 19.7 Å². The molecule has 1 aromatic carbocycles. The number of ether oxygens (including phenoxy) is 2. The van der Waals surface area contributed by atoms with Crippen molar-refractivity contribution in [2.75, 3.05) is 25.0 Å². The molecule has 0 aliphatic heterocycles. The predicted octanol–water partition coefficient (Wildman–Crippen LogP) is 4.87. The first-order valence-electron chi connectivity index (χ1n) is 9.89. The van der Waals surface area contributed by atoms with E-state index in [1.165, 1.54) is 6.20 Å². The van der Waals surface area contributed by atoms with Crippen LogP contribution in [0.15, 0.2) is 24.4 Å². The number of benzene rings is 1. The van der Waals surface area contributed by atoms with Crippen LogP contribution in [0, 0.1) is 0 Å². The maximum atomic E-state index is 12.9. The minimum Gasteiger partial charge on any atom is -0.434 e. The Morgan fingerprint density at radius 2 is 1.90 bits per heavy atom. The molecule has 1 aromatic heterocycles. The van der Waals surface area contributed by atoms with Crippen LogP contribution >= 0.6 is 11.6 Å². The number of hydrogen-bond donors (Lipinski definition) is 1. The Morgan fingerprint density at radius 3 is 2.52 bits per heavy atom. The summed E-state index contributed by atoms with van der Waals surface area (Å²) >= 11 is 6.08. The number of amides is 1. The summed E-state index contributed by atoms with van der Waals surface area (Å²) in [4.78, 5) is 31.0. The summed E-state index contributed by atoms with van der Waals surface area (Å²) in [5.74, 6) is 0.171. The number of nitrogens with zero attached hydrogens (tertiary/aromatic N) is 2. The molecule has 7 nitrogen and oxygen atoms in total. The lowest BCUT2D eigenvalue weighted by molar-refractivity contribution is -0.131. The topological polar surface area (TPSA) is 80.8 Å². The standard InChI is InChI=1S/C21H28ClN3O4/c1-5-10-25(11-6-2)20(26)14(4)24-19-16-9-8-15(22)12-17(16)23-13-18(19)29-21(27)28-7-3/h8-9,12-14H,5-7,10-11H2,1-4H3,(H,23,24). The fourth-order valence-corrected chi connectivity index (χ4v) is 3.20. The molecule has 8 heteroatoms. The van der Waals surface area contributed by atoms with Crippen molar-refractivity contribution in [3.05, 3.63) is 29.4 Å². The number of carbonyl (C=O) groups excluding carboxylic acids is 2. The number of rotatable bonds is 9. The minimum absolute atomic E-state index is 0.0188. The van der Waals surface area contributed by atoms with Gasteiger partial charge >= 0.3 is 6.16 Å². The number of halogens is 1. The monoisotopic (exact) mass is 421 g/mol. The van der Waals surface area contributed by atoms with Crippen molar-refractivity contribution < 1.29 is 19.1 Å². The van der Waals surface area contributed by atoms with Gasteiger partial charge in [-0.05, 0) is 44.9 Å². The summed E-state index contributed by atoms with van der Waals surface area (Å²) in [6.07, 6.45) is 2.35. The number of hydrogen-bond acceptors (Lipinski definition) is 6. The molecular formula is C21H28ClN3O4. The normalized spacial score (nSPS) is 11.8.